The van der Waals surface area contributed by atoms with Crippen LogP contribution in [0.5, 0.6) is 0 Å². The highest BCUT2D eigenvalue weighted by Crippen LogP contribution is 2.46. The molecular weight excluding hydrogens is 215 g/mol. The van der Waals surface area contributed by atoms with Gasteiger partial charge >= 0.3 is 7.60 Å². The van der Waals surface area contributed by atoms with Gasteiger partial charge in [-0.15, -0.1) is 0 Å². The van der Waals surface area contributed by atoms with Crippen LogP contribution in [0.15, 0.2) is 6.20 Å². The Morgan fingerprint density at radius 2 is 1.93 bits per heavy atom. The van der Waals surface area contributed by atoms with Gasteiger partial charge in [-0.25, -0.2) is 0 Å². The van der Waals surface area contributed by atoms with Crippen LogP contribution in [-0.2, 0) is 20.7 Å². The third kappa shape index (κ3) is 2.68. The smallest absolute Gasteiger partial charge is 0.304 e. The SMILES string of the molecule is CCOP(=O)(OCC)c1nn(C)cc1C. The van der Waals surface area contributed by atoms with Gasteiger partial charge in [0.25, 0.3) is 0 Å². The van der Waals surface area contributed by atoms with Crippen molar-refractivity contribution in [3.8, 4) is 0 Å². The van der Waals surface area contributed by atoms with Gasteiger partial charge in [0.1, 0.15) is 0 Å². The van der Waals surface area contributed by atoms with E-state index in [1.165, 1.54) is 0 Å². The van der Waals surface area contributed by atoms with E-state index in [2.05, 4.69) is 5.10 Å². The first-order valence-electron chi connectivity index (χ1n) is 4.93. The number of aromatic nitrogens is 2. The summed E-state index contributed by atoms with van der Waals surface area (Å²) in [6.45, 7) is 6.08. The Bertz CT molecular complexity index is 365. The second-order valence-corrected chi connectivity index (χ2v) is 5.08. The highest BCUT2D eigenvalue weighted by atomic mass is 31.2. The Labute approximate surface area is 89.9 Å². The fourth-order valence-corrected chi connectivity index (χ4v) is 3.10. The Morgan fingerprint density at radius 1 is 1.40 bits per heavy atom. The minimum Gasteiger partial charge on any atom is -0.304 e. The largest absolute Gasteiger partial charge is 0.381 e. The second kappa shape index (κ2) is 4.92. The van der Waals surface area contributed by atoms with E-state index in [-0.39, 0.29) is 0 Å². The van der Waals surface area contributed by atoms with E-state index >= 15 is 0 Å². The molecule has 1 aromatic rings. The summed E-state index contributed by atoms with van der Waals surface area (Å²) in [5, 5.41) is 4.12. The van der Waals surface area contributed by atoms with E-state index < -0.39 is 7.60 Å². The Kier molecular flexibility index (Phi) is 4.08. The second-order valence-electron chi connectivity index (χ2n) is 3.14. The van der Waals surface area contributed by atoms with Crippen molar-refractivity contribution in [2.45, 2.75) is 20.8 Å². The molecule has 0 radical (unpaired) electrons. The van der Waals surface area contributed by atoms with Crippen molar-refractivity contribution in [2.24, 2.45) is 7.05 Å². The topological polar surface area (TPSA) is 53.4 Å². The molecule has 0 fully saturated rings. The monoisotopic (exact) mass is 232 g/mol. The zero-order chi connectivity index (χ0) is 11.5. The summed E-state index contributed by atoms with van der Waals surface area (Å²) in [6.07, 6.45) is 1.79. The van der Waals surface area contributed by atoms with Crippen LogP contribution in [-0.4, -0.2) is 23.0 Å². The van der Waals surface area contributed by atoms with Crippen molar-refractivity contribution in [3.63, 3.8) is 0 Å². The summed E-state index contributed by atoms with van der Waals surface area (Å²) in [6, 6.07) is 0. The molecule has 0 bridgehead atoms. The van der Waals surface area contributed by atoms with E-state index in [4.69, 9.17) is 9.05 Å². The van der Waals surface area contributed by atoms with Crippen molar-refractivity contribution >= 4 is 13.0 Å². The lowest BCUT2D eigenvalue weighted by molar-refractivity contribution is 0.229. The summed E-state index contributed by atoms with van der Waals surface area (Å²) in [5.41, 5.74) is 1.23. The Hall–Kier alpha value is -0.640. The molecule has 0 amide bonds. The van der Waals surface area contributed by atoms with Crippen LogP contribution in [0, 0.1) is 6.92 Å². The average Bonchev–Trinajstić information content (AvgIpc) is 2.46. The zero-order valence-electron chi connectivity index (χ0n) is 9.56. The summed E-state index contributed by atoms with van der Waals surface area (Å²) >= 11 is 0. The Balaban J connectivity index is 3.08. The van der Waals surface area contributed by atoms with Crippen LogP contribution in [0.3, 0.4) is 0 Å². The molecule has 6 heteroatoms. The van der Waals surface area contributed by atoms with Crippen LogP contribution in [0.1, 0.15) is 19.4 Å². The van der Waals surface area contributed by atoms with Gasteiger partial charge in [-0.2, -0.15) is 5.10 Å². The molecule has 0 N–H and O–H groups in total. The molecule has 1 heterocycles. The maximum absolute atomic E-state index is 12.3. The van der Waals surface area contributed by atoms with E-state index in [9.17, 15) is 4.57 Å². The van der Waals surface area contributed by atoms with E-state index in [0.717, 1.165) is 5.56 Å². The molecule has 0 atom stereocenters. The number of hydrogen-bond donors (Lipinski definition) is 0. The number of rotatable bonds is 5. The molecule has 5 nitrogen and oxygen atoms in total. The molecule has 0 aromatic carbocycles. The Morgan fingerprint density at radius 3 is 2.27 bits per heavy atom. The van der Waals surface area contributed by atoms with Gasteiger partial charge < -0.3 is 9.05 Å². The predicted octanol–water partition coefficient (Wildman–Crippen LogP) is 1.62. The van der Waals surface area contributed by atoms with E-state index in [0.29, 0.717) is 18.6 Å². The van der Waals surface area contributed by atoms with Crippen molar-refractivity contribution in [1.29, 1.82) is 0 Å². The van der Waals surface area contributed by atoms with Crippen molar-refractivity contribution in [2.75, 3.05) is 13.2 Å². The first kappa shape index (κ1) is 12.4. The first-order valence-corrected chi connectivity index (χ1v) is 6.47. The van der Waals surface area contributed by atoms with Crippen LogP contribution >= 0.6 is 7.60 Å². The van der Waals surface area contributed by atoms with Gasteiger partial charge in [-0.3, -0.25) is 9.25 Å². The molecule has 0 aliphatic heterocycles. The molecule has 1 aromatic heterocycles. The summed E-state index contributed by atoms with van der Waals surface area (Å²) < 4.78 is 24.4. The minimum atomic E-state index is -3.22. The summed E-state index contributed by atoms with van der Waals surface area (Å²) in [4.78, 5) is 0. The van der Waals surface area contributed by atoms with Crippen molar-refractivity contribution in [3.05, 3.63) is 11.8 Å². The maximum atomic E-state index is 12.3. The van der Waals surface area contributed by atoms with E-state index in [1.807, 2.05) is 6.92 Å². The lowest BCUT2D eigenvalue weighted by Gasteiger charge is -2.15. The normalized spacial score (nSPS) is 12.0. The van der Waals surface area contributed by atoms with Gasteiger partial charge in [-0.05, 0) is 20.8 Å². The fourth-order valence-electron chi connectivity index (χ4n) is 1.37. The van der Waals surface area contributed by atoms with Gasteiger partial charge in [0.05, 0.1) is 13.2 Å². The fraction of sp³-hybridized carbons (Fsp3) is 0.667. The van der Waals surface area contributed by atoms with Crippen LogP contribution in [0.25, 0.3) is 0 Å². The average molecular weight is 232 g/mol. The zero-order valence-corrected chi connectivity index (χ0v) is 10.5. The first-order chi connectivity index (χ1) is 7.03. The van der Waals surface area contributed by atoms with Crippen molar-refractivity contribution < 1.29 is 13.6 Å². The predicted molar refractivity (Wildman–Crippen MR) is 58.4 cm³/mol. The van der Waals surface area contributed by atoms with Gasteiger partial charge in [0.2, 0.25) is 0 Å². The number of nitrogens with zero attached hydrogens (tertiary/aromatic N) is 2. The molecule has 0 aliphatic rings. The van der Waals surface area contributed by atoms with E-state index in [1.54, 1.807) is 31.8 Å². The summed E-state index contributed by atoms with van der Waals surface area (Å²) in [7, 11) is -1.44. The lowest BCUT2D eigenvalue weighted by Crippen LogP contribution is -2.15. The van der Waals surface area contributed by atoms with Crippen LogP contribution in [0.4, 0.5) is 0 Å². The lowest BCUT2D eigenvalue weighted by atomic mass is 10.4. The van der Waals surface area contributed by atoms with Crippen LogP contribution in [0.2, 0.25) is 0 Å². The minimum absolute atomic E-state index is 0.341. The highest BCUT2D eigenvalue weighted by molar-refractivity contribution is 7.62. The standard InChI is InChI=1S/C9H17N2O3P/c1-5-13-15(12,14-6-2)9-8(3)7-11(4)10-9/h7H,5-6H2,1-4H3. The molecular formula is C9H17N2O3P. The van der Waals surface area contributed by atoms with Gasteiger partial charge in [0.15, 0.2) is 5.44 Å². The van der Waals surface area contributed by atoms with Crippen LogP contribution < -0.4 is 5.44 Å². The quantitative estimate of drug-likeness (QED) is 0.724. The molecule has 0 saturated carbocycles. The molecule has 0 aliphatic carbocycles. The molecule has 15 heavy (non-hydrogen) atoms. The third-order valence-electron chi connectivity index (χ3n) is 1.84. The summed E-state index contributed by atoms with van der Waals surface area (Å²) in [5.74, 6) is 0. The molecule has 0 unspecified atom stereocenters. The molecule has 86 valence electrons. The maximum Gasteiger partial charge on any atom is 0.381 e. The molecule has 1 rings (SSSR count). The number of hydrogen-bond acceptors (Lipinski definition) is 4. The third-order valence-corrected chi connectivity index (χ3v) is 4.00. The van der Waals surface area contributed by atoms with Gasteiger partial charge in [-0.1, -0.05) is 0 Å². The van der Waals surface area contributed by atoms with Crippen molar-refractivity contribution in [1.82, 2.24) is 9.78 Å². The molecule has 0 saturated heterocycles. The number of aryl methyl sites for hydroxylation is 2. The molecule has 0 spiro atoms. The van der Waals surface area contributed by atoms with Gasteiger partial charge in [0, 0.05) is 18.8 Å². The highest BCUT2D eigenvalue weighted by Gasteiger charge is 2.31.